The highest BCUT2D eigenvalue weighted by Crippen LogP contribution is 2.18. The standard InChI is InChI=1S/C25H32N2O/c1-19(8-7-9-21-10-14-23(15-11-21)26(3)4)25(28)20(2)18-22-12-16-24(17-13-22)27(5)6/h7,9-19H,8H2,1-6H3. The van der Waals surface area contributed by atoms with Gasteiger partial charge >= 0.3 is 0 Å². The van der Waals surface area contributed by atoms with Crippen molar-refractivity contribution in [3.8, 4) is 0 Å². The zero-order valence-corrected chi connectivity index (χ0v) is 17.9. The molecule has 0 amide bonds. The van der Waals surface area contributed by atoms with Crippen molar-refractivity contribution >= 4 is 29.3 Å². The number of carbonyl (C=O) groups is 1. The molecule has 0 fully saturated rings. The Bertz CT molecular complexity index is 828. The van der Waals surface area contributed by atoms with Gasteiger partial charge in [-0.1, -0.05) is 43.3 Å². The van der Waals surface area contributed by atoms with Gasteiger partial charge in [-0.3, -0.25) is 4.79 Å². The van der Waals surface area contributed by atoms with Gasteiger partial charge in [-0.05, 0) is 60.4 Å². The Morgan fingerprint density at radius 2 is 1.32 bits per heavy atom. The molecule has 0 heterocycles. The highest BCUT2D eigenvalue weighted by Gasteiger charge is 2.13. The molecular formula is C25H32N2O. The maximum atomic E-state index is 12.7. The Kier molecular flexibility index (Phi) is 7.62. The van der Waals surface area contributed by atoms with Gasteiger partial charge in [0.25, 0.3) is 0 Å². The predicted molar refractivity (Wildman–Crippen MR) is 123 cm³/mol. The van der Waals surface area contributed by atoms with Gasteiger partial charge in [0, 0.05) is 45.5 Å². The molecule has 0 saturated heterocycles. The molecule has 3 nitrogen and oxygen atoms in total. The lowest BCUT2D eigenvalue weighted by Gasteiger charge is -2.12. The largest absolute Gasteiger partial charge is 0.378 e. The van der Waals surface area contributed by atoms with Crippen LogP contribution in [0.3, 0.4) is 0 Å². The number of allylic oxidation sites excluding steroid dienone is 2. The molecule has 2 aromatic rings. The van der Waals surface area contributed by atoms with Crippen LogP contribution in [-0.2, 0) is 4.79 Å². The van der Waals surface area contributed by atoms with E-state index in [0.29, 0.717) is 0 Å². The van der Waals surface area contributed by atoms with Crippen LogP contribution in [0.25, 0.3) is 12.2 Å². The van der Waals surface area contributed by atoms with E-state index in [1.807, 2.05) is 60.2 Å². The van der Waals surface area contributed by atoms with E-state index in [1.165, 1.54) is 5.69 Å². The van der Waals surface area contributed by atoms with Crippen molar-refractivity contribution in [3.05, 3.63) is 71.3 Å². The number of ketones is 1. The third-order valence-electron chi connectivity index (χ3n) is 4.84. The van der Waals surface area contributed by atoms with Gasteiger partial charge in [0.2, 0.25) is 0 Å². The summed E-state index contributed by atoms with van der Waals surface area (Å²) in [7, 11) is 8.10. The molecule has 0 spiro atoms. The summed E-state index contributed by atoms with van der Waals surface area (Å²) < 4.78 is 0. The summed E-state index contributed by atoms with van der Waals surface area (Å²) in [6, 6.07) is 16.6. The minimum atomic E-state index is -0.0328. The number of hydrogen-bond donors (Lipinski definition) is 0. The maximum Gasteiger partial charge on any atom is 0.161 e. The number of rotatable bonds is 8. The SMILES string of the molecule is CC(=Cc1ccc(N(C)C)cc1)C(=O)C(C)CC=Cc1ccc(N(C)C)cc1. The number of carbonyl (C=O) groups excluding carboxylic acids is 1. The zero-order chi connectivity index (χ0) is 20.7. The van der Waals surface area contributed by atoms with Gasteiger partial charge in [0.05, 0.1) is 0 Å². The van der Waals surface area contributed by atoms with Crippen LogP contribution in [0.2, 0.25) is 0 Å². The number of Topliss-reactive ketones (excluding diaryl/α,β-unsaturated/α-hetero) is 1. The van der Waals surface area contributed by atoms with Gasteiger partial charge in [0.15, 0.2) is 5.78 Å². The van der Waals surface area contributed by atoms with Crippen molar-refractivity contribution in [1.29, 1.82) is 0 Å². The second kappa shape index (κ2) is 9.93. The first-order chi connectivity index (χ1) is 13.3. The smallest absolute Gasteiger partial charge is 0.161 e. The Morgan fingerprint density at radius 1 is 0.857 bits per heavy atom. The van der Waals surface area contributed by atoms with Crippen LogP contribution in [0.5, 0.6) is 0 Å². The summed E-state index contributed by atoms with van der Waals surface area (Å²) in [5.41, 5.74) is 5.34. The summed E-state index contributed by atoms with van der Waals surface area (Å²) in [5, 5.41) is 0. The van der Waals surface area contributed by atoms with E-state index in [1.54, 1.807) is 0 Å². The molecule has 2 rings (SSSR count). The first-order valence-corrected chi connectivity index (χ1v) is 9.71. The fourth-order valence-corrected chi connectivity index (χ4v) is 2.98. The molecule has 0 aromatic heterocycles. The molecule has 0 aliphatic heterocycles. The highest BCUT2D eigenvalue weighted by atomic mass is 16.1. The van der Waals surface area contributed by atoms with E-state index >= 15 is 0 Å². The molecule has 0 N–H and O–H groups in total. The van der Waals surface area contributed by atoms with E-state index in [0.717, 1.165) is 28.8 Å². The molecule has 1 unspecified atom stereocenters. The van der Waals surface area contributed by atoms with E-state index in [2.05, 4.69) is 58.4 Å². The maximum absolute atomic E-state index is 12.7. The van der Waals surface area contributed by atoms with Crippen LogP contribution in [0, 0.1) is 5.92 Å². The fourth-order valence-electron chi connectivity index (χ4n) is 2.98. The van der Waals surface area contributed by atoms with Crippen molar-refractivity contribution in [1.82, 2.24) is 0 Å². The second-order valence-electron chi connectivity index (χ2n) is 7.70. The van der Waals surface area contributed by atoms with E-state index in [9.17, 15) is 4.79 Å². The molecule has 2 aromatic carbocycles. The van der Waals surface area contributed by atoms with Crippen molar-refractivity contribution in [2.75, 3.05) is 38.0 Å². The van der Waals surface area contributed by atoms with E-state index in [-0.39, 0.29) is 11.7 Å². The molecule has 3 heteroatoms. The topological polar surface area (TPSA) is 23.6 Å². The van der Waals surface area contributed by atoms with Crippen LogP contribution < -0.4 is 9.80 Å². The summed E-state index contributed by atoms with van der Waals surface area (Å²) >= 11 is 0. The first kappa shape index (κ1) is 21.5. The highest BCUT2D eigenvalue weighted by molar-refractivity contribution is 6.00. The molecule has 1 atom stereocenters. The molecule has 0 aliphatic carbocycles. The molecule has 0 aliphatic rings. The second-order valence-corrected chi connectivity index (χ2v) is 7.70. The van der Waals surface area contributed by atoms with Crippen molar-refractivity contribution in [2.45, 2.75) is 20.3 Å². The van der Waals surface area contributed by atoms with Crippen LogP contribution >= 0.6 is 0 Å². The van der Waals surface area contributed by atoms with Crippen LogP contribution in [-0.4, -0.2) is 34.0 Å². The molecule has 28 heavy (non-hydrogen) atoms. The van der Waals surface area contributed by atoms with Crippen molar-refractivity contribution < 1.29 is 4.79 Å². The molecule has 0 radical (unpaired) electrons. The normalized spacial score (nSPS) is 12.9. The fraction of sp³-hybridized carbons (Fsp3) is 0.320. The van der Waals surface area contributed by atoms with Crippen molar-refractivity contribution in [3.63, 3.8) is 0 Å². The third kappa shape index (κ3) is 6.12. The summed E-state index contributed by atoms with van der Waals surface area (Å²) in [6.07, 6.45) is 6.88. The quantitative estimate of drug-likeness (QED) is 0.566. The predicted octanol–water partition coefficient (Wildman–Crippen LogP) is 5.53. The third-order valence-corrected chi connectivity index (χ3v) is 4.84. The Hall–Kier alpha value is -2.81. The lowest BCUT2D eigenvalue weighted by atomic mass is 9.95. The lowest BCUT2D eigenvalue weighted by Crippen LogP contribution is -2.11. The number of nitrogens with zero attached hydrogens (tertiary/aromatic N) is 2. The van der Waals surface area contributed by atoms with Crippen molar-refractivity contribution in [2.24, 2.45) is 5.92 Å². The van der Waals surface area contributed by atoms with Crippen LogP contribution in [0.15, 0.2) is 60.2 Å². The number of hydrogen-bond acceptors (Lipinski definition) is 3. The van der Waals surface area contributed by atoms with Gasteiger partial charge in [-0.2, -0.15) is 0 Å². The summed E-state index contributed by atoms with van der Waals surface area (Å²) in [4.78, 5) is 16.8. The van der Waals surface area contributed by atoms with Gasteiger partial charge in [-0.15, -0.1) is 0 Å². The Balaban J connectivity index is 1.95. The number of benzene rings is 2. The average Bonchev–Trinajstić information content (AvgIpc) is 2.68. The molecule has 148 valence electrons. The minimum Gasteiger partial charge on any atom is -0.378 e. The Morgan fingerprint density at radius 3 is 1.79 bits per heavy atom. The first-order valence-electron chi connectivity index (χ1n) is 9.71. The summed E-state index contributed by atoms with van der Waals surface area (Å²) in [5.74, 6) is 0.166. The van der Waals surface area contributed by atoms with Gasteiger partial charge < -0.3 is 9.80 Å². The zero-order valence-electron chi connectivity index (χ0n) is 17.9. The van der Waals surface area contributed by atoms with E-state index < -0.39 is 0 Å². The van der Waals surface area contributed by atoms with Crippen LogP contribution in [0.4, 0.5) is 11.4 Å². The molecular weight excluding hydrogens is 344 g/mol. The minimum absolute atomic E-state index is 0.0328. The van der Waals surface area contributed by atoms with Crippen LogP contribution in [0.1, 0.15) is 31.4 Å². The lowest BCUT2D eigenvalue weighted by molar-refractivity contribution is -0.118. The van der Waals surface area contributed by atoms with Gasteiger partial charge in [0.1, 0.15) is 0 Å². The summed E-state index contributed by atoms with van der Waals surface area (Å²) in [6.45, 7) is 3.90. The molecule has 0 bridgehead atoms. The monoisotopic (exact) mass is 376 g/mol. The average molecular weight is 377 g/mol. The van der Waals surface area contributed by atoms with E-state index in [4.69, 9.17) is 0 Å². The molecule has 0 saturated carbocycles. The Labute approximate surface area is 170 Å². The number of anilines is 2. The van der Waals surface area contributed by atoms with Gasteiger partial charge in [-0.25, -0.2) is 0 Å².